The average molecular weight is 260 g/mol. The summed E-state index contributed by atoms with van der Waals surface area (Å²) in [5, 5.41) is 2.95. The van der Waals surface area contributed by atoms with Crippen LogP contribution in [0.25, 0.3) is 0 Å². The molecule has 0 aliphatic heterocycles. The number of pyridine rings is 1. The Labute approximate surface area is 106 Å². The van der Waals surface area contributed by atoms with Gasteiger partial charge in [0.05, 0.1) is 0 Å². The molecular formula is C13H19F3N2. The Kier molecular flexibility index (Phi) is 4.24. The Balaban J connectivity index is 2.69. The molecule has 102 valence electrons. The van der Waals surface area contributed by atoms with Crippen LogP contribution in [0.3, 0.4) is 0 Å². The highest BCUT2D eigenvalue weighted by atomic mass is 19.4. The Hall–Kier alpha value is -1.26. The minimum absolute atomic E-state index is 0.106. The molecule has 0 bridgehead atoms. The van der Waals surface area contributed by atoms with Gasteiger partial charge in [-0.25, -0.2) is 4.98 Å². The lowest BCUT2D eigenvalue weighted by atomic mass is 9.82. The number of nitrogens with one attached hydrogen (secondary N) is 1. The van der Waals surface area contributed by atoms with Gasteiger partial charge in [-0.2, -0.15) is 13.2 Å². The molecule has 1 rings (SSSR count). The predicted octanol–water partition coefficient (Wildman–Crippen LogP) is 4.19. The fourth-order valence-corrected chi connectivity index (χ4v) is 1.25. The molecule has 0 fully saturated rings. The molecular weight excluding hydrogens is 241 g/mol. The summed E-state index contributed by atoms with van der Waals surface area (Å²) in [7, 11) is 0. The highest BCUT2D eigenvalue weighted by Crippen LogP contribution is 2.29. The van der Waals surface area contributed by atoms with Crippen LogP contribution in [0, 0.1) is 11.3 Å². The third kappa shape index (κ3) is 4.20. The second kappa shape index (κ2) is 5.16. The summed E-state index contributed by atoms with van der Waals surface area (Å²) in [6.45, 7) is 8.94. The number of hydrogen-bond donors (Lipinski definition) is 1. The summed E-state index contributed by atoms with van der Waals surface area (Å²) in [6.07, 6.45) is -4.40. The first-order valence-electron chi connectivity index (χ1n) is 5.89. The molecule has 5 heteroatoms. The van der Waals surface area contributed by atoms with E-state index in [2.05, 4.69) is 38.0 Å². The summed E-state index contributed by atoms with van der Waals surface area (Å²) in [6, 6.07) is 3.88. The van der Waals surface area contributed by atoms with E-state index in [4.69, 9.17) is 0 Å². The fourth-order valence-electron chi connectivity index (χ4n) is 1.25. The predicted molar refractivity (Wildman–Crippen MR) is 66.3 cm³/mol. The number of rotatable bonds is 3. The Bertz CT molecular complexity index is 394. The van der Waals surface area contributed by atoms with Crippen molar-refractivity contribution >= 4 is 5.82 Å². The van der Waals surface area contributed by atoms with Gasteiger partial charge in [0.25, 0.3) is 0 Å². The SMILES string of the molecule is CC(CNc1cccc(C(F)(F)F)n1)C(C)(C)C. The van der Waals surface area contributed by atoms with Crippen LogP contribution < -0.4 is 5.32 Å². The van der Waals surface area contributed by atoms with Gasteiger partial charge < -0.3 is 5.32 Å². The van der Waals surface area contributed by atoms with Crippen molar-refractivity contribution < 1.29 is 13.2 Å². The molecule has 1 atom stereocenters. The molecule has 1 heterocycles. The standard InChI is InChI=1S/C13H19F3N2/c1-9(12(2,3)4)8-17-11-7-5-6-10(18-11)13(14,15)16/h5-7,9H,8H2,1-4H3,(H,17,18). The summed E-state index contributed by atoms with van der Waals surface area (Å²) in [5.74, 6) is 0.592. The molecule has 2 nitrogen and oxygen atoms in total. The topological polar surface area (TPSA) is 24.9 Å². The monoisotopic (exact) mass is 260 g/mol. The second-order valence-corrected chi connectivity index (χ2v) is 5.55. The number of aromatic nitrogens is 1. The van der Waals surface area contributed by atoms with E-state index in [-0.39, 0.29) is 11.2 Å². The maximum Gasteiger partial charge on any atom is 0.433 e. The van der Waals surface area contributed by atoms with Crippen molar-refractivity contribution in [3.63, 3.8) is 0 Å². The van der Waals surface area contributed by atoms with Gasteiger partial charge in [-0.05, 0) is 23.5 Å². The molecule has 1 N–H and O–H groups in total. The van der Waals surface area contributed by atoms with Crippen molar-refractivity contribution in [3.8, 4) is 0 Å². The van der Waals surface area contributed by atoms with Crippen molar-refractivity contribution in [2.75, 3.05) is 11.9 Å². The zero-order chi connectivity index (χ0) is 14.0. The van der Waals surface area contributed by atoms with E-state index in [0.717, 1.165) is 6.07 Å². The highest BCUT2D eigenvalue weighted by Gasteiger charge is 2.32. The molecule has 1 aromatic heterocycles. The average Bonchev–Trinajstić information content (AvgIpc) is 2.23. The van der Waals surface area contributed by atoms with E-state index in [1.54, 1.807) is 6.07 Å². The van der Waals surface area contributed by atoms with E-state index in [1.165, 1.54) is 6.07 Å². The van der Waals surface area contributed by atoms with Crippen molar-refractivity contribution in [3.05, 3.63) is 23.9 Å². The molecule has 0 saturated carbocycles. The first kappa shape index (κ1) is 14.8. The maximum atomic E-state index is 12.5. The zero-order valence-electron chi connectivity index (χ0n) is 11.1. The molecule has 0 spiro atoms. The van der Waals surface area contributed by atoms with Crippen molar-refractivity contribution in [2.45, 2.75) is 33.9 Å². The zero-order valence-corrected chi connectivity index (χ0v) is 11.1. The number of nitrogens with zero attached hydrogens (tertiary/aromatic N) is 1. The van der Waals surface area contributed by atoms with Gasteiger partial charge in [-0.15, -0.1) is 0 Å². The van der Waals surface area contributed by atoms with Crippen molar-refractivity contribution in [2.24, 2.45) is 11.3 Å². The number of hydrogen-bond acceptors (Lipinski definition) is 2. The quantitative estimate of drug-likeness (QED) is 0.881. The van der Waals surface area contributed by atoms with Crippen molar-refractivity contribution in [1.29, 1.82) is 0 Å². The summed E-state index contributed by atoms with van der Waals surface area (Å²) < 4.78 is 37.4. The van der Waals surface area contributed by atoms with E-state index >= 15 is 0 Å². The first-order chi connectivity index (χ1) is 8.10. The Morgan fingerprint density at radius 1 is 1.22 bits per heavy atom. The lowest BCUT2D eigenvalue weighted by Gasteiger charge is -2.27. The maximum absolute atomic E-state index is 12.5. The van der Waals surface area contributed by atoms with Crippen LogP contribution in [0.15, 0.2) is 18.2 Å². The normalized spacial score (nSPS) is 14.4. The van der Waals surface area contributed by atoms with Crippen LogP contribution >= 0.6 is 0 Å². The van der Waals surface area contributed by atoms with Gasteiger partial charge in [0.1, 0.15) is 11.5 Å². The minimum Gasteiger partial charge on any atom is -0.370 e. The number of halogens is 3. The summed E-state index contributed by atoms with van der Waals surface area (Å²) in [5.41, 5.74) is -0.759. The van der Waals surface area contributed by atoms with Gasteiger partial charge in [0.2, 0.25) is 0 Å². The largest absolute Gasteiger partial charge is 0.433 e. The molecule has 1 unspecified atom stereocenters. The molecule has 0 amide bonds. The molecule has 0 saturated heterocycles. The number of alkyl halides is 3. The van der Waals surface area contributed by atoms with Crippen LogP contribution in [0.2, 0.25) is 0 Å². The van der Waals surface area contributed by atoms with Gasteiger partial charge in [0.15, 0.2) is 0 Å². The highest BCUT2D eigenvalue weighted by molar-refractivity contribution is 5.35. The van der Waals surface area contributed by atoms with Crippen LogP contribution in [0.4, 0.5) is 19.0 Å². The third-order valence-corrected chi connectivity index (χ3v) is 3.11. The summed E-state index contributed by atoms with van der Waals surface area (Å²) in [4.78, 5) is 3.56. The van der Waals surface area contributed by atoms with Crippen molar-refractivity contribution in [1.82, 2.24) is 4.98 Å². The van der Waals surface area contributed by atoms with Crippen LogP contribution in [-0.4, -0.2) is 11.5 Å². The van der Waals surface area contributed by atoms with Crippen LogP contribution in [0.1, 0.15) is 33.4 Å². The number of anilines is 1. The molecule has 0 aromatic carbocycles. The first-order valence-corrected chi connectivity index (χ1v) is 5.89. The van der Waals surface area contributed by atoms with Crippen LogP contribution in [-0.2, 0) is 6.18 Å². The smallest absolute Gasteiger partial charge is 0.370 e. The minimum atomic E-state index is -4.40. The molecule has 1 aromatic rings. The van der Waals surface area contributed by atoms with Gasteiger partial charge in [-0.1, -0.05) is 33.8 Å². The van der Waals surface area contributed by atoms with Gasteiger partial charge >= 0.3 is 6.18 Å². The Morgan fingerprint density at radius 2 is 1.83 bits per heavy atom. The molecule has 0 aliphatic rings. The second-order valence-electron chi connectivity index (χ2n) is 5.55. The lowest BCUT2D eigenvalue weighted by molar-refractivity contribution is -0.141. The fraction of sp³-hybridized carbons (Fsp3) is 0.615. The van der Waals surface area contributed by atoms with E-state index in [1.807, 2.05) is 0 Å². The lowest BCUT2D eigenvalue weighted by Crippen LogP contribution is -2.25. The molecule has 18 heavy (non-hydrogen) atoms. The summed E-state index contributed by atoms with van der Waals surface area (Å²) >= 11 is 0. The molecule has 0 radical (unpaired) electrons. The van der Waals surface area contributed by atoms with Crippen LogP contribution in [0.5, 0.6) is 0 Å². The Morgan fingerprint density at radius 3 is 2.33 bits per heavy atom. The van der Waals surface area contributed by atoms with Gasteiger partial charge in [-0.3, -0.25) is 0 Å². The van der Waals surface area contributed by atoms with E-state index in [9.17, 15) is 13.2 Å². The third-order valence-electron chi connectivity index (χ3n) is 3.11. The molecule has 0 aliphatic carbocycles. The van der Waals surface area contributed by atoms with E-state index < -0.39 is 11.9 Å². The van der Waals surface area contributed by atoms with Gasteiger partial charge in [0, 0.05) is 6.54 Å². The van der Waals surface area contributed by atoms with E-state index in [0.29, 0.717) is 12.5 Å².